The molecule has 0 saturated heterocycles. The lowest BCUT2D eigenvalue weighted by atomic mass is 9.71. The van der Waals surface area contributed by atoms with Crippen LogP contribution in [0.3, 0.4) is 0 Å². The van der Waals surface area contributed by atoms with Crippen LogP contribution < -0.4 is 4.74 Å². The van der Waals surface area contributed by atoms with Crippen LogP contribution in [0.15, 0.2) is 66.1 Å². The van der Waals surface area contributed by atoms with Crippen LogP contribution >= 0.6 is 11.3 Å². The van der Waals surface area contributed by atoms with Crippen LogP contribution in [0.5, 0.6) is 5.75 Å². The number of thiophene rings is 1. The molecule has 1 unspecified atom stereocenters. The van der Waals surface area contributed by atoms with Crippen molar-refractivity contribution in [2.24, 2.45) is 0 Å². The molecule has 0 saturated carbocycles. The number of allylic oxidation sites excluding steroid dienone is 1. The fourth-order valence-corrected chi connectivity index (χ4v) is 4.61. The zero-order valence-corrected chi connectivity index (χ0v) is 15.2. The second-order valence-electron chi connectivity index (χ2n) is 6.63. The van der Waals surface area contributed by atoms with E-state index in [1.807, 2.05) is 41.8 Å². The van der Waals surface area contributed by atoms with Gasteiger partial charge in [-0.3, -0.25) is 0 Å². The molecule has 0 bridgehead atoms. The predicted molar refractivity (Wildman–Crippen MR) is 103 cm³/mol. The Labute approximate surface area is 156 Å². The molecule has 2 aromatic carbocycles. The van der Waals surface area contributed by atoms with Gasteiger partial charge in [0.15, 0.2) is 0 Å². The lowest BCUT2D eigenvalue weighted by Gasteiger charge is -2.35. The molecule has 0 aliphatic heterocycles. The highest BCUT2D eigenvalue weighted by Gasteiger charge is 2.37. The van der Waals surface area contributed by atoms with Crippen LogP contribution in [-0.4, -0.2) is 12.2 Å². The number of hydrogen-bond donors (Lipinski definition) is 1. The zero-order chi connectivity index (χ0) is 18.1. The third kappa shape index (κ3) is 2.90. The van der Waals surface area contributed by atoms with E-state index in [-0.39, 0.29) is 11.6 Å². The van der Waals surface area contributed by atoms with Crippen LogP contribution in [0.2, 0.25) is 0 Å². The summed E-state index contributed by atoms with van der Waals surface area (Å²) >= 11 is 1.63. The summed E-state index contributed by atoms with van der Waals surface area (Å²) in [6.07, 6.45) is 3.09. The molecule has 1 aliphatic carbocycles. The van der Waals surface area contributed by atoms with Gasteiger partial charge in [-0.15, -0.1) is 11.3 Å². The van der Waals surface area contributed by atoms with Crippen LogP contribution in [0.25, 0.3) is 5.76 Å². The molecule has 4 heteroatoms. The van der Waals surface area contributed by atoms with E-state index in [0.29, 0.717) is 17.7 Å². The number of aliphatic hydroxyl groups is 1. The first-order chi connectivity index (χ1) is 12.6. The number of aliphatic hydroxyl groups excluding tert-OH is 1. The summed E-state index contributed by atoms with van der Waals surface area (Å²) in [5, 5.41) is 12.7. The van der Waals surface area contributed by atoms with Crippen LogP contribution in [-0.2, 0) is 18.3 Å². The fraction of sp³-hybridized carbons (Fsp3) is 0.182. The number of methoxy groups -OCH3 is 1. The van der Waals surface area contributed by atoms with Gasteiger partial charge in [-0.2, -0.15) is 0 Å². The van der Waals surface area contributed by atoms with Gasteiger partial charge >= 0.3 is 0 Å². The highest BCUT2D eigenvalue weighted by molar-refractivity contribution is 7.10. The van der Waals surface area contributed by atoms with E-state index in [1.54, 1.807) is 23.5 Å². The second-order valence-corrected chi connectivity index (χ2v) is 7.58. The van der Waals surface area contributed by atoms with Gasteiger partial charge in [0.2, 0.25) is 0 Å². The Morgan fingerprint density at radius 1 is 1.15 bits per heavy atom. The maximum absolute atomic E-state index is 14.6. The fourth-order valence-electron chi connectivity index (χ4n) is 3.71. The SMILES string of the molecule is COc1ccc(CC2(c3cccs3)C=C(O)c3ccccc3C2)c(F)c1. The Morgan fingerprint density at radius 3 is 2.73 bits per heavy atom. The van der Waals surface area contributed by atoms with Gasteiger partial charge in [0.25, 0.3) is 0 Å². The Bertz CT molecular complexity index is 962. The van der Waals surface area contributed by atoms with Gasteiger partial charge in [0.05, 0.1) is 7.11 Å². The topological polar surface area (TPSA) is 29.5 Å². The molecule has 3 aromatic rings. The minimum Gasteiger partial charge on any atom is -0.508 e. The number of halogens is 1. The summed E-state index contributed by atoms with van der Waals surface area (Å²) in [5.41, 5.74) is 2.08. The molecule has 2 nitrogen and oxygen atoms in total. The second kappa shape index (κ2) is 6.61. The first kappa shape index (κ1) is 16.9. The standard InChI is InChI=1S/C22H19FO2S/c1-25-17-9-8-16(19(23)11-17)13-22(21-7-4-10-26-21)12-15-5-2-3-6-18(15)20(24)14-22/h2-11,14,24H,12-13H2,1H3. The molecular weight excluding hydrogens is 347 g/mol. The van der Waals surface area contributed by atoms with Crippen molar-refractivity contribution >= 4 is 17.1 Å². The number of benzene rings is 2. The van der Waals surface area contributed by atoms with Crippen molar-refractivity contribution in [1.82, 2.24) is 0 Å². The van der Waals surface area contributed by atoms with Crippen molar-refractivity contribution < 1.29 is 14.2 Å². The van der Waals surface area contributed by atoms with E-state index in [2.05, 4.69) is 6.07 Å². The van der Waals surface area contributed by atoms with E-state index >= 15 is 0 Å². The molecule has 1 atom stereocenters. The van der Waals surface area contributed by atoms with Crippen LogP contribution in [0.4, 0.5) is 4.39 Å². The van der Waals surface area contributed by atoms with Crippen LogP contribution in [0, 0.1) is 5.82 Å². The number of ether oxygens (including phenoxy) is 1. The summed E-state index contributed by atoms with van der Waals surface area (Å²) in [4.78, 5) is 1.12. The minimum atomic E-state index is -0.470. The summed E-state index contributed by atoms with van der Waals surface area (Å²) in [5.74, 6) is 0.477. The first-order valence-corrected chi connectivity index (χ1v) is 9.36. The van der Waals surface area contributed by atoms with Crippen molar-refractivity contribution in [2.45, 2.75) is 18.3 Å². The largest absolute Gasteiger partial charge is 0.508 e. The van der Waals surface area contributed by atoms with Crippen molar-refractivity contribution in [1.29, 1.82) is 0 Å². The van der Waals surface area contributed by atoms with E-state index < -0.39 is 5.41 Å². The molecule has 4 rings (SSSR count). The van der Waals surface area contributed by atoms with Crippen molar-refractivity contribution in [3.8, 4) is 5.75 Å². The van der Waals surface area contributed by atoms with E-state index in [9.17, 15) is 9.50 Å². The van der Waals surface area contributed by atoms with Crippen molar-refractivity contribution in [3.05, 3.63) is 93.4 Å². The molecule has 1 heterocycles. The number of fused-ring (bicyclic) bond motifs is 1. The summed E-state index contributed by atoms with van der Waals surface area (Å²) in [6, 6.07) is 16.9. The van der Waals surface area contributed by atoms with Gasteiger partial charge in [0.1, 0.15) is 17.3 Å². The van der Waals surface area contributed by atoms with Gasteiger partial charge in [0, 0.05) is 21.9 Å². The van der Waals surface area contributed by atoms with Gasteiger partial charge in [-0.05, 0) is 47.6 Å². The molecule has 0 radical (unpaired) electrons. The molecule has 0 fully saturated rings. The van der Waals surface area contributed by atoms with E-state index in [0.717, 1.165) is 22.4 Å². The molecule has 1 aromatic heterocycles. The molecule has 26 heavy (non-hydrogen) atoms. The quantitative estimate of drug-likeness (QED) is 0.658. The highest BCUT2D eigenvalue weighted by atomic mass is 32.1. The molecular formula is C22H19FO2S. The Morgan fingerprint density at radius 2 is 2.00 bits per heavy atom. The average molecular weight is 366 g/mol. The smallest absolute Gasteiger partial charge is 0.130 e. The molecule has 1 aliphatic rings. The number of hydrogen-bond acceptors (Lipinski definition) is 3. The van der Waals surface area contributed by atoms with Crippen molar-refractivity contribution in [2.75, 3.05) is 7.11 Å². The normalized spacial score (nSPS) is 18.9. The van der Waals surface area contributed by atoms with E-state index in [1.165, 1.54) is 13.2 Å². The lowest BCUT2D eigenvalue weighted by Crippen LogP contribution is -2.32. The molecule has 1 N–H and O–H groups in total. The third-order valence-corrected chi connectivity index (χ3v) is 6.08. The Kier molecular flexibility index (Phi) is 4.29. The molecule has 0 spiro atoms. The maximum Gasteiger partial charge on any atom is 0.130 e. The van der Waals surface area contributed by atoms with Crippen LogP contribution in [0.1, 0.15) is 21.6 Å². The summed E-state index contributed by atoms with van der Waals surface area (Å²) < 4.78 is 19.7. The average Bonchev–Trinajstić information content (AvgIpc) is 3.19. The molecule has 0 amide bonds. The minimum absolute atomic E-state index is 0.258. The van der Waals surface area contributed by atoms with Gasteiger partial charge in [-0.1, -0.05) is 36.4 Å². The highest BCUT2D eigenvalue weighted by Crippen LogP contribution is 2.43. The van der Waals surface area contributed by atoms with Gasteiger partial charge < -0.3 is 9.84 Å². The zero-order valence-electron chi connectivity index (χ0n) is 14.4. The summed E-state index contributed by atoms with van der Waals surface area (Å²) in [7, 11) is 1.53. The van der Waals surface area contributed by atoms with E-state index in [4.69, 9.17) is 4.74 Å². The maximum atomic E-state index is 14.6. The van der Waals surface area contributed by atoms with Crippen molar-refractivity contribution in [3.63, 3.8) is 0 Å². The third-order valence-electron chi connectivity index (χ3n) is 4.99. The Balaban J connectivity index is 1.81. The molecule has 132 valence electrons. The predicted octanol–water partition coefficient (Wildman–Crippen LogP) is 5.53. The monoisotopic (exact) mass is 366 g/mol. The first-order valence-electron chi connectivity index (χ1n) is 8.48. The Hall–Kier alpha value is -2.59. The number of rotatable bonds is 4. The van der Waals surface area contributed by atoms with Gasteiger partial charge in [-0.25, -0.2) is 4.39 Å². The summed E-state index contributed by atoms with van der Waals surface area (Å²) in [6.45, 7) is 0. The lowest BCUT2D eigenvalue weighted by molar-refractivity contribution is 0.409.